The van der Waals surface area contributed by atoms with Crippen molar-refractivity contribution in [3.8, 4) is 0 Å². The van der Waals surface area contributed by atoms with Gasteiger partial charge in [-0.05, 0) is 27.7 Å². The fourth-order valence-electron chi connectivity index (χ4n) is 3.47. The van der Waals surface area contributed by atoms with Gasteiger partial charge in [0.2, 0.25) is 11.7 Å². The number of nitrogens with zero attached hydrogens (tertiary/aromatic N) is 3. The molecule has 0 radical (unpaired) electrons. The van der Waals surface area contributed by atoms with Gasteiger partial charge in [-0.25, -0.2) is 4.57 Å². The molecule has 1 aliphatic heterocycles. The third-order valence-corrected chi connectivity index (χ3v) is 4.39. The molecule has 0 aliphatic carbocycles. The topological polar surface area (TPSA) is 128 Å². The van der Waals surface area contributed by atoms with Gasteiger partial charge in [-0.2, -0.15) is 0 Å². The minimum atomic E-state index is -0.634. The number of aromatic nitrogens is 4. The van der Waals surface area contributed by atoms with Crippen LogP contribution in [0.3, 0.4) is 0 Å². The van der Waals surface area contributed by atoms with Gasteiger partial charge in [-0.1, -0.05) is 4.98 Å². The van der Waals surface area contributed by atoms with Crippen LogP contribution in [0.15, 0.2) is 11.1 Å². The minimum Gasteiger partial charge on any atom is -0.394 e. The molecule has 10 heteroatoms. The van der Waals surface area contributed by atoms with Gasteiger partial charge in [0.1, 0.15) is 18.3 Å². The van der Waals surface area contributed by atoms with Gasteiger partial charge in [-0.15, -0.1) is 0 Å². The zero-order chi connectivity index (χ0) is 19.9. The van der Waals surface area contributed by atoms with Crippen LogP contribution in [0.5, 0.6) is 0 Å². The number of H-pyrrole nitrogens is 1. The molecule has 2 aromatic rings. The predicted molar refractivity (Wildman–Crippen MR) is 97.0 cm³/mol. The van der Waals surface area contributed by atoms with Gasteiger partial charge >= 0.3 is 5.65 Å². The normalized spacial score (nSPS) is 25.9. The van der Waals surface area contributed by atoms with E-state index in [4.69, 9.17) is 19.9 Å². The second kappa shape index (κ2) is 7.55. The molecule has 0 spiro atoms. The number of fused-ring (bicyclic) bond motifs is 1. The first kappa shape index (κ1) is 19.7. The SMILES string of the molecule is CC(C)OC1[C@@H](OC(C)C)[C@@H](CO)O[C@H]1[n+]1cn(C)c2c(=O)[nH]c(N)nc21. The highest BCUT2D eigenvalue weighted by Crippen LogP contribution is 2.32. The van der Waals surface area contributed by atoms with E-state index in [1.54, 1.807) is 22.5 Å². The zero-order valence-electron chi connectivity index (χ0n) is 16.2. The van der Waals surface area contributed by atoms with Gasteiger partial charge in [-0.3, -0.25) is 14.3 Å². The standard InChI is InChI=1S/C17H27N5O5/c1-8(2)25-12-10(6-23)27-16(13(12)26-9(3)4)22-7-21(5)11-14(22)19-17(18)20-15(11)24/h7-10,12-13,16,23H,6H2,1-5H3,(H2-,18,19,20,24)/p+1/t10-,12+,13?,16-/m1/s1. The number of anilines is 1. The maximum atomic E-state index is 12.3. The molecular formula is C17H28N5O5+. The highest BCUT2D eigenvalue weighted by atomic mass is 16.6. The Morgan fingerprint density at radius 2 is 1.96 bits per heavy atom. The smallest absolute Gasteiger partial charge is 0.313 e. The molecule has 1 saturated heterocycles. The van der Waals surface area contributed by atoms with Crippen LogP contribution in [-0.4, -0.2) is 56.8 Å². The van der Waals surface area contributed by atoms with Crippen molar-refractivity contribution >= 4 is 17.1 Å². The van der Waals surface area contributed by atoms with Crippen LogP contribution in [0.25, 0.3) is 11.2 Å². The van der Waals surface area contributed by atoms with Crippen LogP contribution in [-0.2, 0) is 21.3 Å². The number of aliphatic hydroxyl groups excluding tert-OH is 1. The molecule has 4 N–H and O–H groups in total. The van der Waals surface area contributed by atoms with Gasteiger partial charge in [0, 0.05) is 0 Å². The first-order valence-corrected chi connectivity index (χ1v) is 9.06. The molecule has 2 aromatic heterocycles. The lowest BCUT2D eigenvalue weighted by Crippen LogP contribution is -2.49. The number of rotatable bonds is 6. The summed E-state index contributed by atoms with van der Waals surface area (Å²) >= 11 is 0. The molecule has 3 rings (SSSR count). The number of imidazole rings is 1. The quantitative estimate of drug-likeness (QED) is 0.580. The molecule has 0 amide bonds. The van der Waals surface area contributed by atoms with Crippen molar-refractivity contribution in [1.29, 1.82) is 0 Å². The molecule has 0 bridgehead atoms. The molecule has 150 valence electrons. The van der Waals surface area contributed by atoms with Crippen molar-refractivity contribution in [1.82, 2.24) is 14.5 Å². The lowest BCUT2D eigenvalue weighted by molar-refractivity contribution is -0.746. The lowest BCUT2D eigenvalue weighted by atomic mass is 10.1. The highest BCUT2D eigenvalue weighted by Gasteiger charge is 2.50. The van der Waals surface area contributed by atoms with E-state index in [-0.39, 0.29) is 30.3 Å². The Morgan fingerprint density at radius 1 is 1.33 bits per heavy atom. The predicted octanol–water partition coefficient (Wildman–Crippen LogP) is -0.392. The maximum Gasteiger partial charge on any atom is 0.313 e. The number of ether oxygens (including phenoxy) is 3. The molecule has 3 heterocycles. The summed E-state index contributed by atoms with van der Waals surface area (Å²) in [6.07, 6.45) is -0.617. The molecule has 1 fully saturated rings. The first-order chi connectivity index (χ1) is 12.7. The maximum absolute atomic E-state index is 12.3. The Balaban J connectivity index is 2.11. The first-order valence-electron chi connectivity index (χ1n) is 9.06. The van der Waals surface area contributed by atoms with Crippen LogP contribution in [0, 0.1) is 0 Å². The number of hydrogen-bond acceptors (Lipinski definition) is 7. The van der Waals surface area contributed by atoms with E-state index in [0.29, 0.717) is 11.2 Å². The van der Waals surface area contributed by atoms with Crippen LogP contribution in [0.2, 0.25) is 0 Å². The Morgan fingerprint density at radius 3 is 2.56 bits per heavy atom. The van der Waals surface area contributed by atoms with Gasteiger partial charge in [0.25, 0.3) is 11.5 Å². The summed E-state index contributed by atoms with van der Waals surface area (Å²) in [5, 5.41) is 9.81. The Bertz CT molecular complexity index is 861. The molecule has 0 aromatic carbocycles. The summed E-state index contributed by atoms with van der Waals surface area (Å²) < 4.78 is 21.6. The fraction of sp³-hybridized carbons (Fsp3) is 0.706. The third kappa shape index (κ3) is 3.70. The summed E-state index contributed by atoms with van der Waals surface area (Å²) in [5.74, 6) is 0.0143. The van der Waals surface area contributed by atoms with Crippen LogP contribution in [0.1, 0.15) is 33.9 Å². The average Bonchev–Trinajstić information content (AvgIpc) is 3.05. The van der Waals surface area contributed by atoms with Gasteiger partial charge in [0.15, 0.2) is 6.33 Å². The zero-order valence-corrected chi connectivity index (χ0v) is 16.2. The Kier molecular flexibility index (Phi) is 5.52. The van der Waals surface area contributed by atoms with E-state index >= 15 is 0 Å². The van der Waals surface area contributed by atoms with Crippen molar-refractivity contribution < 1.29 is 23.9 Å². The van der Waals surface area contributed by atoms with Crippen molar-refractivity contribution in [2.24, 2.45) is 7.05 Å². The fourth-order valence-corrected chi connectivity index (χ4v) is 3.47. The third-order valence-electron chi connectivity index (χ3n) is 4.39. The molecule has 4 atom stereocenters. The summed E-state index contributed by atoms with van der Waals surface area (Å²) in [6, 6.07) is 0. The van der Waals surface area contributed by atoms with Gasteiger partial charge < -0.3 is 25.1 Å². The summed E-state index contributed by atoms with van der Waals surface area (Å²) in [4.78, 5) is 19.1. The average molecular weight is 382 g/mol. The number of nitrogens with two attached hydrogens (primary N) is 1. The highest BCUT2D eigenvalue weighted by molar-refractivity contribution is 5.67. The Hall–Kier alpha value is -2.01. The molecular weight excluding hydrogens is 354 g/mol. The van der Waals surface area contributed by atoms with E-state index in [0.717, 1.165) is 0 Å². The van der Waals surface area contributed by atoms with E-state index in [1.165, 1.54) is 0 Å². The molecule has 27 heavy (non-hydrogen) atoms. The van der Waals surface area contributed by atoms with Crippen LogP contribution >= 0.6 is 0 Å². The van der Waals surface area contributed by atoms with E-state index in [2.05, 4.69) is 9.97 Å². The van der Waals surface area contributed by atoms with E-state index in [9.17, 15) is 9.90 Å². The summed E-state index contributed by atoms with van der Waals surface area (Å²) in [7, 11) is 1.74. The monoisotopic (exact) mass is 382 g/mol. The summed E-state index contributed by atoms with van der Waals surface area (Å²) in [6.45, 7) is 7.46. The van der Waals surface area contributed by atoms with Crippen molar-refractivity contribution in [2.45, 2.75) is 64.4 Å². The lowest BCUT2D eigenvalue weighted by Gasteiger charge is -2.26. The number of nitrogens with one attached hydrogen (secondary N) is 1. The Labute approximate surface area is 156 Å². The number of hydrogen-bond donors (Lipinski definition) is 3. The molecule has 0 saturated carbocycles. The molecule has 1 unspecified atom stereocenters. The number of aromatic amines is 1. The number of aryl methyl sites for hydroxylation is 1. The minimum absolute atomic E-state index is 0.0143. The number of nitrogen functional groups attached to an aromatic ring is 1. The van der Waals surface area contributed by atoms with Crippen molar-refractivity contribution in [3.63, 3.8) is 0 Å². The molecule has 10 nitrogen and oxygen atoms in total. The molecule has 1 aliphatic rings. The van der Waals surface area contributed by atoms with Crippen molar-refractivity contribution in [2.75, 3.05) is 12.3 Å². The van der Waals surface area contributed by atoms with Crippen molar-refractivity contribution in [3.05, 3.63) is 16.7 Å². The van der Waals surface area contributed by atoms with Gasteiger partial charge in [0.05, 0.1) is 25.9 Å². The van der Waals surface area contributed by atoms with E-state index in [1.807, 2.05) is 27.7 Å². The second-order valence-corrected chi connectivity index (χ2v) is 7.30. The second-order valence-electron chi connectivity index (χ2n) is 7.30. The largest absolute Gasteiger partial charge is 0.394 e. The van der Waals surface area contributed by atoms with E-state index < -0.39 is 24.5 Å². The number of aliphatic hydroxyl groups is 1. The summed E-state index contributed by atoms with van der Waals surface area (Å²) in [5.41, 5.74) is 6.14. The van der Waals surface area contributed by atoms with Crippen LogP contribution in [0.4, 0.5) is 5.95 Å². The van der Waals surface area contributed by atoms with Crippen LogP contribution < -0.4 is 15.9 Å².